The first-order valence-electron chi connectivity index (χ1n) is 5.46. The number of aromatic nitrogens is 4. The van der Waals surface area contributed by atoms with Crippen LogP contribution in [0.4, 0.5) is 5.82 Å². The van der Waals surface area contributed by atoms with Gasteiger partial charge in [-0.3, -0.25) is 0 Å². The Balaban J connectivity index is 1.88. The maximum atomic E-state index is 5.75. The van der Waals surface area contributed by atoms with Crippen LogP contribution in [0.1, 0.15) is 5.56 Å². The molecule has 0 aliphatic rings. The summed E-state index contributed by atoms with van der Waals surface area (Å²) in [5, 5.41) is 4.89. The lowest BCUT2D eigenvalue weighted by molar-refractivity contribution is 0.798. The fourth-order valence-electron chi connectivity index (χ4n) is 1.63. The van der Waals surface area contributed by atoms with Crippen molar-refractivity contribution in [1.29, 1.82) is 0 Å². The number of rotatable bonds is 3. The van der Waals surface area contributed by atoms with E-state index in [1.165, 1.54) is 11.9 Å². The minimum absolute atomic E-state index is 0.464. The SMILES string of the molecule is Nc1cc2ncnn2c(SCc2ccccc2)n1. The van der Waals surface area contributed by atoms with Crippen LogP contribution in [0.25, 0.3) is 5.65 Å². The van der Waals surface area contributed by atoms with Crippen molar-refractivity contribution in [3.05, 3.63) is 48.3 Å². The van der Waals surface area contributed by atoms with Crippen molar-refractivity contribution in [1.82, 2.24) is 19.6 Å². The number of anilines is 1. The molecule has 0 bridgehead atoms. The van der Waals surface area contributed by atoms with Crippen LogP contribution in [0, 0.1) is 0 Å². The quantitative estimate of drug-likeness (QED) is 0.574. The summed E-state index contributed by atoms with van der Waals surface area (Å²) in [6.07, 6.45) is 1.50. The van der Waals surface area contributed by atoms with Crippen molar-refractivity contribution in [2.24, 2.45) is 0 Å². The Labute approximate surface area is 108 Å². The average molecular weight is 257 g/mol. The summed E-state index contributed by atoms with van der Waals surface area (Å²) in [7, 11) is 0. The summed E-state index contributed by atoms with van der Waals surface area (Å²) in [5.41, 5.74) is 7.70. The van der Waals surface area contributed by atoms with Gasteiger partial charge in [0.25, 0.3) is 0 Å². The summed E-state index contributed by atoms with van der Waals surface area (Å²) in [6.45, 7) is 0. The normalized spacial score (nSPS) is 10.9. The minimum Gasteiger partial charge on any atom is -0.383 e. The molecule has 0 radical (unpaired) electrons. The molecule has 6 heteroatoms. The van der Waals surface area contributed by atoms with Crippen molar-refractivity contribution in [2.75, 3.05) is 5.73 Å². The van der Waals surface area contributed by atoms with Crippen LogP contribution in [-0.4, -0.2) is 19.6 Å². The summed E-state index contributed by atoms with van der Waals surface area (Å²) >= 11 is 1.59. The third kappa shape index (κ3) is 2.14. The Hall–Kier alpha value is -2.08. The molecule has 0 amide bonds. The predicted molar refractivity (Wildman–Crippen MR) is 71.2 cm³/mol. The predicted octanol–water partition coefficient (Wildman–Crippen LogP) is 2.00. The first-order chi connectivity index (χ1) is 8.83. The maximum Gasteiger partial charge on any atom is 0.193 e. The van der Waals surface area contributed by atoms with Gasteiger partial charge >= 0.3 is 0 Å². The lowest BCUT2D eigenvalue weighted by Crippen LogP contribution is -2.00. The van der Waals surface area contributed by atoms with Gasteiger partial charge in [-0.15, -0.1) is 0 Å². The van der Waals surface area contributed by atoms with Gasteiger partial charge in [-0.2, -0.15) is 9.61 Å². The zero-order valence-corrected chi connectivity index (χ0v) is 10.3. The highest BCUT2D eigenvalue weighted by Crippen LogP contribution is 2.22. The minimum atomic E-state index is 0.464. The van der Waals surface area contributed by atoms with Gasteiger partial charge in [0.15, 0.2) is 10.8 Å². The van der Waals surface area contributed by atoms with E-state index in [1.54, 1.807) is 22.3 Å². The smallest absolute Gasteiger partial charge is 0.193 e. The van der Waals surface area contributed by atoms with Gasteiger partial charge in [-0.05, 0) is 5.56 Å². The fourth-order valence-corrected chi connectivity index (χ4v) is 2.56. The molecule has 2 heterocycles. The second-order valence-electron chi connectivity index (χ2n) is 3.77. The van der Waals surface area contributed by atoms with Crippen LogP contribution >= 0.6 is 11.8 Å². The third-order valence-electron chi connectivity index (χ3n) is 2.47. The van der Waals surface area contributed by atoms with Gasteiger partial charge in [0, 0.05) is 11.8 Å². The largest absolute Gasteiger partial charge is 0.383 e. The molecular weight excluding hydrogens is 246 g/mol. The Morgan fingerprint density at radius 2 is 2.06 bits per heavy atom. The molecule has 3 rings (SSSR count). The van der Waals surface area contributed by atoms with E-state index in [2.05, 4.69) is 27.2 Å². The number of nitrogen functional groups attached to an aromatic ring is 1. The number of hydrogen-bond donors (Lipinski definition) is 1. The van der Waals surface area contributed by atoms with Crippen molar-refractivity contribution in [3.8, 4) is 0 Å². The number of benzene rings is 1. The topological polar surface area (TPSA) is 69.1 Å². The molecular formula is C12H11N5S. The lowest BCUT2D eigenvalue weighted by atomic mass is 10.2. The molecule has 0 saturated carbocycles. The van der Waals surface area contributed by atoms with E-state index in [0.29, 0.717) is 5.82 Å². The Morgan fingerprint density at radius 1 is 1.22 bits per heavy atom. The van der Waals surface area contributed by atoms with Crippen molar-refractivity contribution in [3.63, 3.8) is 0 Å². The highest BCUT2D eigenvalue weighted by Gasteiger charge is 2.07. The number of fused-ring (bicyclic) bond motifs is 1. The number of hydrogen-bond acceptors (Lipinski definition) is 5. The highest BCUT2D eigenvalue weighted by atomic mass is 32.2. The van der Waals surface area contributed by atoms with Gasteiger partial charge in [0.05, 0.1) is 0 Å². The average Bonchev–Trinajstić information content (AvgIpc) is 2.85. The summed E-state index contributed by atoms with van der Waals surface area (Å²) in [4.78, 5) is 8.40. The number of thioether (sulfide) groups is 1. The Bertz CT molecular complexity index is 665. The van der Waals surface area contributed by atoms with Crippen molar-refractivity contribution in [2.45, 2.75) is 10.9 Å². The molecule has 0 fully saturated rings. The Morgan fingerprint density at radius 3 is 2.89 bits per heavy atom. The highest BCUT2D eigenvalue weighted by molar-refractivity contribution is 7.98. The zero-order valence-electron chi connectivity index (χ0n) is 9.52. The second-order valence-corrected chi connectivity index (χ2v) is 4.71. The van der Waals surface area contributed by atoms with Gasteiger partial charge in [-0.25, -0.2) is 9.97 Å². The Kier molecular flexibility index (Phi) is 2.85. The summed E-state index contributed by atoms with van der Waals surface area (Å²) in [6, 6.07) is 11.9. The standard InChI is InChI=1S/C12H11N5S/c13-10-6-11-14-8-15-17(11)12(16-10)18-7-9-4-2-1-3-5-9/h1-6,8H,7,13H2. The van der Waals surface area contributed by atoms with E-state index in [0.717, 1.165) is 16.6 Å². The van der Waals surface area contributed by atoms with Crippen LogP contribution in [0.15, 0.2) is 47.9 Å². The fraction of sp³-hybridized carbons (Fsp3) is 0.0833. The molecule has 2 aromatic heterocycles. The lowest BCUT2D eigenvalue weighted by Gasteiger charge is -2.04. The first-order valence-corrected chi connectivity index (χ1v) is 6.44. The van der Waals surface area contributed by atoms with E-state index < -0.39 is 0 Å². The van der Waals surface area contributed by atoms with Crippen LogP contribution in [0.3, 0.4) is 0 Å². The van der Waals surface area contributed by atoms with Gasteiger partial charge in [0.1, 0.15) is 12.1 Å². The summed E-state index contributed by atoms with van der Waals surface area (Å²) < 4.78 is 1.70. The van der Waals surface area contributed by atoms with Crippen LogP contribution in [-0.2, 0) is 5.75 Å². The van der Waals surface area contributed by atoms with Crippen molar-refractivity contribution >= 4 is 23.2 Å². The maximum absolute atomic E-state index is 5.75. The molecule has 5 nitrogen and oxygen atoms in total. The molecule has 0 atom stereocenters. The van der Waals surface area contributed by atoms with Gasteiger partial charge in [0.2, 0.25) is 0 Å². The van der Waals surface area contributed by atoms with E-state index in [9.17, 15) is 0 Å². The van der Waals surface area contributed by atoms with E-state index in [-0.39, 0.29) is 0 Å². The third-order valence-corrected chi connectivity index (χ3v) is 3.47. The van der Waals surface area contributed by atoms with Gasteiger partial charge in [-0.1, -0.05) is 42.1 Å². The molecule has 1 aromatic carbocycles. The van der Waals surface area contributed by atoms with E-state index >= 15 is 0 Å². The van der Waals surface area contributed by atoms with Crippen LogP contribution in [0.5, 0.6) is 0 Å². The molecule has 2 N–H and O–H groups in total. The molecule has 18 heavy (non-hydrogen) atoms. The van der Waals surface area contributed by atoms with Crippen molar-refractivity contribution < 1.29 is 0 Å². The number of nitrogens with zero attached hydrogens (tertiary/aromatic N) is 4. The second kappa shape index (κ2) is 4.66. The molecule has 0 saturated heterocycles. The van der Waals surface area contributed by atoms with E-state index in [4.69, 9.17) is 5.73 Å². The van der Waals surface area contributed by atoms with Gasteiger partial charge < -0.3 is 5.73 Å². The zero-order chi connectivity index (χ0) is 12.4. The molecule has 90 valence electrons. The summed E-state index contributed by atoms with van der Waals surface area (Å²) in [5.74, 6) is 1.29. The molecule has 0 spiro atoms. The first kappa shape index (κ1) is 11.0. The molecule has 0 unspecified atom stereocenters. The van der Waals surface area contributed by atoms with Crippen LogP contribution in [0.2, 0.25) is 0 Å². The molecule has 0 aliphatic heterocycles. The monoisotopic (exact) mass is 257 g/mol. The molecule has 0 aliphatic carbocycles. The molecule has 3 aromatic rings. The van der Waals surface area contributed by atoms with E-state index in [1.807, 2.05) is 18.2 Å². The van der Waals surface area contributed by atoms with Crippen LogP contribution < -0.4 is 5.73 Å². The number of nitrogens with two attached hydrogens (primary N) is 1.